The minimum absolute atomic E-state index is 0.0212. The van der Waals surface area contributed by atoms with Gasteiger partial charge in [0.15, 0.2) is 0 Å². The van der Waals surface area contributed by atoms with E-state index in [1.165, 1.54) is 21.6 Å². The summed E-state index contributed by atoms with van der Waals surface area (Å²) in [6.45, 7) is 0.546. The molecule has 4 aromatic rings. The Hall–Kier alpha value is -3.27. The van der Waals surface area contributed by atoms with Gasteiger partial charge in [-0.1, -0.05) is 23.7 Å². The highest BCUT2D eigenvalue weighted by molar-refractivity contribution is 7.21. The fraction of sp³-hybridized carbons (Fsp3) is 0.167. The first kappa shape index (κ1) is 22.5. The number of β-amino-alcohol motifs (C(OH)–C–C–N with tert-alkyl or cyclic N) is 1. The van der Waals surface area contributed by atoms with Gasteiger partial charge in [-0.3, -0.25) is 14.2 Å². The molecule has 0 bridgehead atoms. The van der Waals surface area contributed by atoms with E-state index < -0.39 is 17.7 Å². The van der Waals surface area contributed by atoms with Crippen molar-refractivity contribution in [3.8, 4) is 5.69 Å². The van der Waals surface area contributed by atoms with Crippen molar-refractivity contribution in [1.29, 1.82) is 0 Å². The molecule has 0 unspecified atom stereocenters. The van der Waals surface area contributed by atoms with Gasteiger partial charge in [0, 0.05) is 30.6 Å². The van der Waals surface area contributed by atoms with Crippen LogP contribution in [0.15, 0.2) is 59.4 Å². The average molecular weight is 502 g/mol. The highest BCUT2D eigenvalue weighted by Crippen LogP contribution is 2.40. The number of thiophene rings is 1. The number of carbonyl (C=O) groups excluding carboxylic acids is 1. The maximum atomic E-state index is 14.5. The van der Waals surface area contributed by atoms with Crippen LogP contribution in [0.25, 0.3) is 15.9 Å². The first-order chi connectivity index (χ1) is 16.3. The maximum Gasteiger partial charge on any atom is 0.266 e. The molecule has 2 aromatic heterocycles. The number of aromatic nitrogens is 1. The number of aliphatic hydroxyl groups is 1. The Morgan fingerprint density at radius 3 is 2.65 bits per heavy atom. The van der Waals surface area contributed by atoms with Crippen LogP contribution >= 0.6 is 22.9 Å². The number of rotatable bonds is 4. The molecule has 2 aromatic carbocycles. The number of nitrogens with zero attached hydrogens (tertiary/aromatic N) is 2. The molecular weight excluding hydrogens is 484 g/mol. The fourth-order valence-corrected chi connectivity index (χ4v) is 5.47. The van der Waals surface area contributed by atoms with Gasteiger partial charge in [-0.2, -0.15) is 0 Å². The van der Waals surface area contributed by atoms with Crippen molar-refractivity contribution < 1.29 is 18.7 Å². The molecule has 2 N–H and O–H groups in total. The number of halogens is 3. The molecule has 10 heteroatoms. The number of para-hydroxylation sites is 1. The van der Waals surface area contributed by atoms with Crippen LogP contribution in [0.2, 0.25) is 5.02 Å². The van der Waals surface area contributed by atoms with E-state index in [9.17, 15) is 23.5 Å². The molecular formula is C24H18ClF2N3O3S. The van der Waals surface area contributed by atoms with Crippen molar-refractivity contribution in [3.63, 3.8) is 0 Å². The Morgan fingerprint density at radius 1 is 1.15 bits per heavy atom. The summed E-state index contributed by atoms with van der Waals surface area (Å²) in [5.41, 5.74) is 0.359. The van der Waals surface area contributed by atoms with Crippen molar-refractivity contribution in [3.05, 3.63) is 86.5 Å². The first-order valence-corrected chi connectivity index (χ1v) is 11.7. The summed E-state index contributed by atoms with van der Waals surface area (Å²) in [7, 11) is 0. The second-order valence-corrected chi connectivity index (χ2v) is 9.33. The normalized spacial score (nSPS) is 15.8. The lowest BCUT2D eigenvalue weighted by molar-refractivity contribution is 0.0770. The molecule has 3 heterocycles. The number of pyridine rings is 1. The molecule has 0 saturated carbocycles. The van der Waals surface area contributed by atoms with Gasteiger partial charge in [-0.15, -0.1) is 11.3 Å². The van der Waals surface area contributed by atoms with Crippen LogP contribution in [0, 0.1) is 11.6 Å². The molecule has 1 fully saturated rings. The Bertz CT molecular complexity index is 1490. The van der Waals surface area contributed by atoms with E-state index >= 15 is 0 Å². The third-order valence-electron chi connectivity index (χ3n) is 5.67. The number of benzene rings is 2. The van der Waals surface area contributed by atoms with E-state index in [4.69, 9.17) is 11.6 Å². The number of likely N-dealkylation sites (tertiary alicyclic amines) is 1. The minimum atomic E-state index is -0.825. The Labute approximate surface area is 201 Å². The van der Waals surface area contributed by atoms with Crippen molar-refractivity contribution in [2.24, 2.45) is 0 Å². The summed E-state index contributed by atoms with van der Waals surface area (Å²) >= 11 is 7.43. The second kappa shape index (κ2) is 8.83. The van der Waals surface area contributed by atoms with E-state index in [1.807, 2.05) is 0 Å². The molecule has 34 heavy (non-hydrogen) atoms. The molecule has 174 valence electrons. The second-order valence-electron chi connectivity index (χ2n) is 7.93. The molecule has 5 rings (SSSR count). The molecule has 1 atom stereocenters. The third kappa shape index (κ3) is 3.96. The van der Waals surface area contributed by atoms with Gasteiger partial charge in [-0.05, 0) is 36.8 Å². The number of aliphatic hydroxyl groups excluding tert-OH is 1. The smallest absolute Gasteiger partial charge is 0.266 e. The molecule has 6 nitrogen and oxygen atoms in total. The number of hydrogen-bond acceptors (Lipinski definition) is 5. The lowest BCUT2D eigenvalue weighted by Crippen LogP contribution is -2.29. The van der Waals surface area contributed by atoms with Gasteiger partial charge >= 0.3 is 0 Å². The largest absolute Gasteiger partial charge is 0.391 e. The van der Waals surface area contributed by atoms with E-state index in [0.29, 0.717) is 33.9 Å². The molecule has 1 amide bonds. The standard InChI is InChI=1S/C24H18ClF2N3O3S/c25-16-3-1-2-4-19(16)30-20(32)8-6-15-21(28-18-7-5-13(26)11-17(18)27)22(34-24(15)30)23(33)29-10-9-14(31)12-29/h1-8,11,14,28,31H,9-10,12H2/t14-/m0/s1. The van der Waals surface area contributed by atoms with Crippen molar-refractivity contribution >= 4 is 50.4 Å². The summed E-state index contributed by atoms with van der Waals surface area (Å²) < 4.78 is 29.3. The highest BCUT2D eigenvalue weighted by Gasteiger charge is 2.30. The van der Waals surface area contributed by atoms with Crippen molar-refractivity contribution in [2.75, 3.05) is 18.4 Å². The van der Waals surface area contributed by atoms with Crippen LogP contribution in [0.3, 0.4) is 0 Å². The van der Waals surface area contributed by atoms with Gasteiger partial charge in [0.1, 0.15) is 21.3 Å². The Kier molecular flexibility index (Phi) is 5.85. The number of carbonyl (C=O) groups is 1. The zero-order valence-corrected chi connectivity index (χ0v) is 19.2. The van der Waals surface area contributed by atoms with Gasteiger partial charge in [0.2, 0.25) is 0 Å². The van der Waals surface area contributed by atoms with Crippen LogP contribution in [0.5, 0.6) is 0 Å². The summed E-state index contributed by atoms with van der Waals surface area (Å²) in [5.74, 6) is -1.91. The predicted molar refractivity (Wildman–Crippen MR) is 129 cm³/mol. The van der Waals surface area contributed by atoms with E-state index in [0.717, 1.165) is 23.5 Å². The van der Waals surface area contributed by atoms with Crippen LogP contribution in [-0.4, -0.2) is 39.7 Å². The van der Waals surface area contributed by atoms with E-state index in [2.05, 4.69) is 5.32 Å². The zero-order chi connectivity index (χ0) is 24.0. The van der Waals surface area contributed by atoms with Crippen molar-refractivity contribution in [1.82, 2.24) is 9.47 Å². The number of amides is 1. The van der Waals surface area contributed by atoms with Gasteiger partial charge in [0.05, 0.1) is 28.2 Å². The number of fused-ring (bicyclic) bond motifs is 1. The van der Waals surface area contributed by atoms with Gasteiger partial charge in [0.25, 0.3) is 11.5 Å². The van der Waals surface area contributed by atoms with E-state index in [-0.39, 0.29) is 34.3 Å². The Balaban J connectivity index is 1.74. The third-order valence-corrected chi connectivity index (χ3v) is 7.17. The van der Waals surface area contributed by atoms with Crippen LogP contribution in [-0.2, 0) is 0 Å². The van der Waals surface area contributed by atoms with Crippen LogP contribution < -0.4 is 10.9 Å². The molecule has 0 radical (unpaired) electrons. The first-order valence-electron chi connectivity index (χ1n) is 10.5. The zero-order valence-electron chi connectivity index (χ0n) is 17.6. The number of hydrogen-bond donors (Lipinski definition) is 2. The maximum absolute atomic E-state index is 14.5. The molecule has 1 saturated heterocycles. The Morgan fingerprint density at radius 2 is 1.94 bits per heavy atom. The molecule has 0 spiro atoms. The van der Waals surface area contributed by atoms with Gasteiger partial charge in [-0.25, -0.2) is 8.78 Å². The highest BCUT2D eigenvalue weighted by atomic mass is 35.5. The van der Waals surface area contributed by atoms with Crippen LogP contribution in [0.4, 0.5) is 20.2 Å². The SMILES string of the molecule is O=C(c1sc2c(ccc(=O)n2-c2ccccc2Cl)c1Nc1ccc(F)cc1F)N1CC[C@H](O)C1. The summed E-state index contributed by atoms with van der Waals surface area (Å²) in [5, 5.41) is 13.7. The topological polar surface area (TPSA) is 74.6 Å². The minimum Gasteiger partial charge on any atom is -0.391 e. The lowest BCUT2D eigenvalue weighted by Gasteiger charge is -2.16. The summed E-state index contributed by atoms with van der Waals surface area (Å²) in [4.78, 5) is 28.5. The summed E-state index contributed by atoms with van der Waals surface area (Å²) in [6.07, 6.45) is -0.165. The molecule has 1 aliphatic rings. The average Bonchev–Trinajstić information content (AvgIpc) is 3.40. The fourth-order valence-electron chi connectivity index (χ4n) is 4.01. The van der Waals surface area contributed by atoms with E-state index in [1.54, 1.807) is 30.3 Å². The molecule has 1 aliphatic heterocycles. The lowest BCUT2D eigenvalue weighted by atomic mass is 10.2. The monoisotopic (exact) mass is 501 g/mol. The molecule has 0 aliphatic carbocycles. The predicted octanol–water partition coefficient (Wildman–Crippen LogP) is 4.93. The van der Waals surface area contributed by atoms with Crippen molar-refractivity contribution in [2.45, 2.75) is 12.5 Å². The van der Waals surface area contributed by atoms with Crippen LogP contribution in [0.1, 0.15) is 16.1 Å². The number of anilines is 2. The number of nitrogens with one attached hydrogen (secondary N) is 1. The summed E-state index contributed by atoms with van der Waals surface area (Å²) in [6, 6.07) is 12.8. The van der Waals surface area contributed by atoms with Gasteiger partial charge < -0.3 is 15.3 Å². The quantitative estimate of drug-likeness (QED) is 0.415.